The molecule has 2 aromatic rings. The molecule has 0 spiro atoms. The minimum atomic E-state index is -4.78. The molecule has 0 saturated heterocycles. The molecule has 0 radical (unpaired) electrons. The molecule has 190 valence electrons. The van der Waals surface area contributed by atoms with Crippen molar-refractivity contribution in [1.29, 1.82) is 0 Å². The fourth-order valence-corrected chi connectivity index (χ4v) is 4.90. The van der Waals surface area contributed by atoms with Crippen molar-refractivity contribution in [2.75, 3.05) is 0 Å². The van der Waals surface area contributed by atoms with Gasteiger partial charge in [0.1, 0.15) is 0 Å². The minimum Gasteiger partial charge on any atom is -0.449 e. The molecule has 3 rings (SSSR count). The van der Waals surface area contributed by atoms with E-state index in [9.17, 15) is 12.9 Å². The number of hydrogen-bond acceptors (Lipinski definition) is 2. The molecule has 6 heteroatoms. The van der Waals surface area contributed by atoms with Crippen LogP contribution in [0.25, 0.3) is 0 Å². The summed E-state index contributed by atoms with van der Waals surface area (Å²) in [5.74, 6) is 0.596. The van der Waals surface area contributed by atoms with E-state index >= 15 is 0 Å². The standard InChI is InChI=1S/C29H39BF3N2/c1-19(2)26-11-7-9-24-15-13-23(17-18-30(31,32)33)14-16-25-10-8-12-27(20(3)4)29(25)35-22(6)21(5)34-28(24)26/h7-12,19-20,23H,13-18H2,1-6H3/q-1. The number of nitrogens with zero attached hydrogens (tertiary/aromatic N) is 2. The molecule has 0 atom stereocenters. The van der Waals surface area contributed by atoms with E-state index < -0.39 is 13.3 Å². The zero-order chi connectivity index (χ0) is 25.8. The Labute approximate surface area is 209 Å². The van der Waals surface area contributed by atoms with Crippen molar-refractivity contribution in [3.8, 4) is 0 Å². The SMILES string of the molecule is CC1=Nc2c(cccc2C(C)C)CCC(CC[B-](F)(F)F)CCc2cccc(C(C)C)c2N=C1C. The van der Waals surface area contributed by atoms with Gasteiger partial charge in [-0.15, -0.1) is 0 Å². The Balaban J connectivity index is 2.15. The van der Waals surface area contributed by atoms with Gasteiger partial charge < -0.3 is 12.9 Å². The van der Waals surface area contributed by atoms with Gasteiger partial charge in [0.15, 0.2) is 0 Å². The second-order valence-electron chi connectivity index (χ2n) is 10.6. The lowest BCUT2D eigenvalue weighted by atomic mass is 9.78. The van der Waals surface area contributed by atoms with E-state index in [2.05, 4.69) is 64.1 Å². The van der Waals surface area contributed by atoms with Gasteiger partial charge in [-0.3, -0.25) is 9.98 Å². The third-order valence-corrected chi connectivity index (χ3v) is 7.17. The van der Waals surface area contributed by atoms with E-state index in [-0.39, 0.29) is 12.3 Å². The molecule has 0 aliphatic carbocycles. The van der Waals surface area contributed by atoms with Crippen LogP contribution in [0.1, 0.15) is 94.9 Å². The molecule has 0 aromatic heterocycles. The maximum Gasteiger partial charge on any atom is 0.478 e. The van der Waals surface area contributed by atoms with E-state index in [4.69, 9.17) is 9.98 Å². The van der Waals surface area contributed by atoms with Crippen LogP contribution in [0.15, 0.2) is 46.4 Å². The summed E-state index contributed by atoms with van der Waals surface area (Å²) in [4.78, 5) is 10.1. The molecule has 2 nitrogen and oxygen atoms in total. The molecule has 2 aromatic carbocycles. The van der Waals surface area contributed by atoms with Gasteiger partial charge in [0, 0.05) is 0 Å². The fourth-order valence-electron chi connectivity index (χ4n) is 4.90. The lowest BCUT2D eigenvalue weighted by Gasteiger charge is -2.22. The predicted molar refractivity (Wildman–Crippen MR) is 145 cm³/mol. The van der Waals surface area contributed by atoms with Crippen molar-refractivity contribution in [2.45, 2.75) is 91.8 Å². The summed E-state index contributed by atoms with van der Waals surface area (Å²) in [5, 5.41) is 0. The number of aliphatic imine (C=N–C) groups is 2. The molecule has 1 heterocycles. The second-order valence-corrected chi connectivity index (χ2v) is 10.6. The van der Waals surface area contributed by atoms with Crippen LogP contribution in [0.4, 0.5) is 24.3 Å². The first-order valence-electron chi connectivity index (χ1n) is 13.0. The van der Waals surface area contributed by atoms with Crippen LogP contribution >= 0.6 is 0 Å². The first-order chi connectivity index (χ1) is 16.5. The molecule has 0 unspecified atom stereocenters. The number of benzene rings is 2. The van der Waals surface area contributed by atoms with Crippen molar-refractivity contribution in [2.24, 2.45) is 15.9 Å². The smallest absolute Gasteiger partial charge is 0.449 e. The van der Waals surface area contributed by atoms with Crippen molar-refractivity contribution in [3.05, 3.63) is 58.7 Å². The first kappa shape index (κ1) is 27.2. The molecule has 1 aliphatic heterocycles. The fraction of sp³-hybridized carbons (Fsp3) is 0.517. The van der Waals surface area contributed by atoms with E-state index in [1.807, 2.05) is 13.8 Å². The van der Waals surface area contributed by atoms with Crippen LogP contribution in [0.3, 0.4) is 0 Å². The topological polar surface area (TPSA) is 24.7 Å². The molecule has 0 fully saturated rings. The van der Waals surface area contributed by atoms with Crippen LogP contribution in [-0.4, -0.2) is 18.4 Å². The maximum atomic E-state index is 13.2. The number of halogens is 3. The Kier molecular flexibility index (Phi) is 9.01. The largest absolute Gasteiger partial charge is 0.478 e. The summed E-state index contributed by atoms with van der Waals surface area (Å²) in [6.07, 6.45) is 2.45. The van der Waals surface area contributed by atoms with Crippen LogP contribution in [0.2, 0.25) is 6.32 Å². The molecule has 0 saturated carbocycles. The zero-order valence-electron chi connectivity index (χ0n) is 22.0. The van der Waals surface area contributed by atoms with Crippen LogP contribution < -0.4 is 0 Å². The third-order valence-electron chi connectivity index (χ3n) is 7.17. The molecule has 35 heavy (non-hydrogen) atoms. The minimum absolute atomic E-state index is 0.000480. The van der Waals surface area contributed by atoms with Crippen molar-refractivity contribution in [3.63, 3.8) is 0 Å². The first-order valence-corrected chi connectivity index (χ1v) is 13.0. The summed E-state index contributed by atoms with van der Waals surface area (Å²) in [7, 11) is 0. The number of para-hydroxylation sites is 2. The lowest BCUT2D eigenvalue weighted by molar-refractivity contribution is 0.400. The lowest BCUT2D eigenvalue weighted by Crippen LogP contribution is -2.17. The Morgan fingerprint density at radius 3 is 1.57 bits per heavy atom. The molecule has 0 bridgehead atoms. The van der Waals surface area contributed by atoms with Gasteiger partial charge in [0.2, 0.25) is 0 Å². The summed E-state index contributed by atoms with van der Waals surface area (Å²) in [6.45, 7) is 7.85. The van der Waals surface area contributed by atoms with Crippen LogP contribution in [0, 0.1) is 5.92 Å². The summed E-state index contributed by atoms with van der Waals surface area (Å²) >= 11 is 0. The number of rotatable bonds is 5. The maximum absolute atomic E-state index is 13.2. The molecule has 0 amide bonds. The van der Waals surface area contributed by atoms with Crippen molar-refractivity contribution in [1.82, 2.24) is 0 Å². The number of fused-ring (bicyclic) bond motifs is 2. The second kappa shape index (κ2) is 11.6. The highest BCUT2D eigenvalue weighted by Gasteiger charge is 2.25. The highest BCUT2D eigenvalue weighted by molar-refractivity contribution is 6.58. The Morgan fingerprint density at radius 1 is 0.771 bits per heavy atom. The predicted octanol–water partition coefficient (Wildman–Crippen LogP) is 9.55. The normalized spacial score (nSPS) is 17.6. The third kappa shape index (κ3) is 7.31. The van der Waals surface area contributed by atoms with Gasteiger partial charge in [-0.05, 0) is 79.5 Å². The van der Waals surface area contributed by atoms with Crippen molar-refractivity contribution >= 4 is 29.8 Å². The quantitative estimate of drug-likeness (QED) is 0.378. The molecule has 1 aliphatic rings. The molecule has 0 N–H and O–H groups in total. The Hall–Kier alpha value is -2.37. The van der Waals surface area contributed by atoms with Gasteiger partial charge in [0.25, 0.3) is 0 Å². The van der Waals surface area contributed by atoms with Crippen molar-refractivity contribution < 1.29 is 12.9 Å². The average Bonchev–Trinajstić information content (AvgIpc) is 2.78. The number of aryl methyl sites for hydroxylation is 2. The Morgan fingerprint density at radius 2 is 1.20 bits per heavy atom. The summed E-state index contributed by atoms with van der Waals surface area (Å²) < 4.78 is 39.6. The molecular weight excluding hydrogens is 444 g/mol. The highest BCUT2D eigenvalue weighted by Crippen LogP contribution is 2.36. The van der Waals surface area contributed by atoms with E-state index in [0.717, 1.165) is 59.6 Å². The van der Waals surface area contributed by atoms with Gasteiger partial charge in [-0.25, -0.2) is 0 Å². The summed E-state index contributed by atoms with van der Waals surface area (Å²) in [6, 6.07) is 12.5. The van der Waals surface area contributed by atoms with Gasteiger partial charge in [-0.2, -0.15) is 0 Å². The zero-order valence-corrected chi connectivity index (χ0v) is 22.0. The van der Waals surface area contributed by atoms with E-state index in [0.29, 0.717) is 11.8 Å². The molecular formula is C29H39BF3N2-. The average molecular weight is 483 g/mol. The van der Waals surface area contributed by atoms with Gasteiger partial charge in [0.05, 0.1) is 22.8 Å². The Bertz CT molecular complexity index is 1010. The van der Waals surface area contributed by atoms with Crippen LogP contribution in [0.5, 0.6) is 0 Å². The highest BCUT2D eigenvalue weighted by atomic mass is 19.4. The van der Waals surface area contributed by atoms with Gasteiger partial charge in [-0.1, -0.05) is 76.8 Å². The van der Waals surface area contributed by atoms with E-state index in [1.165, 1.54) is 11.1 Å². The number of hydrogen-bond donors (Lipinski definition) is 0. The van der Waals surface area contributed by atoms with Gasteiger partial charge >= 0.3 is 6.98 Å². The van der Waals surface area contributed by atoms with E-state index in [1.54, 1.807) is 0 Å². The van der Waals surface area contributed by atoms with Crippen LogP contribution in [-0.2, 0) is 12.8 Å². The summed E-state index contributed by atoms with van der Waals surface area (Å²) in [5.41, 5.74) is 8.25. The monoisotopic (exact) mass is 483 g/mol.